The van der Waals surface area contributed by atoms with E-state index in [1.54, 1.807) is 6.92 Å². The Hall–Kier alpha value is -1.68. The van der Waals surface area contributed by atoms with Crippen LogP contribution in [-0.4, -0.2) is 18.2 Å². The van der Waals surface area contributed by atoms with Crippen LogP contribution in [0.25, 0.3) is 0 Å². The Morgan fingerprint density at radius 3 is 2.82 bits per heavy atom. The number of ketones is 1. The van der Waals surface area contributed by atoms with Gasteiger partial charge in [0.1, 0.15) is 5.82 Å². The number of amides is 1. The first-order chi connectivity index (χ1) is 8.04. The number of Topliss-reactive ketones (excluding diaryl/α,β-unsaturated/α-hetero) is 1. The van der Waals surface area contributed by atoms with Crippen molar-refractivity contribution in [1.82, 2.24) is 0 Å². The molecule has 3 nitrogen and oxygen atoms in total. The zero-order valence-electron chi connectivity index (χ0n) is 9.04. The molecule has 0 saturated carbocycles. The number of nitrogens with zero attached hydrogens (tertiary/aromatic N) is 1. The molecule has 1 amide bonds. The third kappa shape index (κ3) is 1.96. The highest BCUT2D eigenvalue weighted by Crippen LogP contribution is 2.30. The molecule has 0 aromatic heterocycles. The van der Waals surface area contributed by atoms with Crippen molar-refractivity contribution in [1.29, 1.82) is 0 Å². The second kappa shape index (κ2) is 4.30. The third-order valence-corrected chi connectivity index (χ3v) is 2.90. The van der Waals surface area contributed by atoms with Crippen LogP contribution in [0.4, 0.5) is 10.1 Å². The highest BCUT2D eigenvalue weighted by Gasteiger charge is 2.35. The van der Waals surface area contributed by atoms with Gasteiger partial charge in [0, 0.05) is 12.1 Å². The average molecular weight is 254 g/mol. The molecule has 1 aromatic rings. The Kier molecular flexibility index (Phi) is 2.98. The van der Waals surface area contributed by atoms with Crippen LogP contribution in [0.2, 0.25) is 0 Å². The number of carbonyl (C=O) groups excluding carboxylic acids is 2. The lowest BCUT2D eigenvalue weighted by atomic mass is 10.1. The first kappa shape index (κ1) is 11.8. The van der Waals surface area contributed by atoms with Gasteiger partial charge in [-0.25, -0.2) is 4.39 Å². The maximum Gasteiger partial charge on any atom is 0.299 e. The quantitative estimate of drug-likeness (QED) is 0.760. The number of anilines is 1. The molecular formula is C12H9ClFNO2. The summed E-state index contributed by atoms with van der Waals surface area (Å²) in [6.45, 7) is 1.91. The van der Waals surface area contributed by atoms with E-state index in [1.165, 1.54) is 22.6 Å². The number of carbonyl (C=O) groups is 2. The molecule has 0 saturated heterocycles. The SMILES string of the molecule is C/C(=C/Cl)CN1C(=O)C(=O)c2ccc(F)cc21. The molecule has 1 aliphatic heterocycles. The Bertz CT molecular complexity index is 539. The molecule has 0 N–H and O–H groups in total. The summed E-state index contributed by atoms with van der Waals surface area (Å²) < 4.78 is 13.1. The first-order valence-electron chi connectivity index (χ1n) is 4.96. The number of hydrogen-bond donors (Lipinski definition) is 0. The lowest BCUT2D eigenvalue weighted by molar-refractivity contribution is -0.114. The van der Waals surface area contributed by atoms with Gasteiger partial charge in [-0.1, -0.05) is 11.6 Å². The minimum atomic E-state index is -0.650. The molecule has 0 radical (unpaired) electrons. The van der Waals surface area contributed by atoms with Crippen molar-refractivity contribution in [2.24, 2.45) is 0 Å². The fraction of sp³-hybridized carbons (Fsp3) is 0.167. The van der Waals surface area contributed by atoms with E-state index >= 15 is 0 Å². The Morgan fingerprint density at radius 2 is 2.18 bits per heavy atom. The van der Waals surface area contributed by atoms with E-state index in [0.29, 0.717) is 11.3 Å². The Morgan fingerprint density at radius 1 is 1.47 bits per heavy atom. The second-order valence-corrected chi connectivity index (χ2v) is 4.06. The lowest BCUT2D eigenvalue weighted by Crippen LogP contribution is -2.31. The molecule has 17 heavy (non-hydrogen) atoms. The van der Waals surface area contributed by atoms with Crippen molar-refractivity contribution in [3.05, 3.63) is 40.7 Å². The van der Waals surface area contributed by atoms with Crippen LogP contribution in [-0.2, 0) is 4.79 Å². The molecule has 1 aromatic carbocycles. The summed E-state index contributed by atoms with van der Waals surface area (Å²) in [6, 6.07) is 3.67. The predicted molar refractivity (Wildman–Crippen MR) is 62.7 cm³/mol. The van der Waals surface area contributed by atoms with Crippen LogP contribution in [0.5, 0.6) is 0 Å². The van der Waals surface area contributed by atoms with Crippen molar-refractivity contribution < 1.29 is 14.0 Å². The van der Waals surface area contributed by atoms with E-state index in [9.17, 15) is 14.0 Å². The van der Waals surface area contributed by atoms with E-state index < -0.39 is 17.5 Å². The van der Waals surface area contributed by atoms with Gasteiger partial charge in [0.05, 0.1) is 11.3 Å². The summed E-state index contributed by atoms with van der Waals surface area (Å²) in [4.78, 5) is 24.6. The second-order valence-electron chi connectivity index (χ2n) is 3.84. The van der Waals surface area contributed by atoms with E-state index in [2.05, 4.69) is 0 Å². The predicted octanol–water partition coefficient (Wildman–Crippen LogP) is 2.50. The molecule has 0 fully saturated rings. The van der Waals surface area contributed by atoms with Crippen LogP contribution in [0, 0.1) is 5.82 Å². The summed E-state index contributed by atoms with van der Waals surface area (Å²) in [7, 11) is 0. The zero-order valence-corrected chi connectivity index (χ0v) is 9.79. The van der Waals surface area contributed by atoms with Crippen molar-refractivity contribution in [2.75, 3.05) is 11.4 Å². The van der Waals surface area contributed by atoms with Gasteiger partial charge in [-0.3, -0.25) is 9.59 Å². The monoisotopic (exact) mass is 253 g/mol. The number of fused-ring (bicyclic) bond motifs is 1. The van der Waals surface area contributed by atoms with Crippen LogP contribution >= 0.6 is 11.6 Å². The normalized spacial score (nSPS) is 15.5. The number of benzene rings is 1. The topological polar surface area (TPSA) is 37.4 Å². The highest BCUT2D eigenvalue weighted by molar-refractivity contribution is 6.52. The molecule has 1 aliphatic rings. The van der Waals surface area contributed by atoms with E-state index in [-0.39, 0.29) is 12.1 Å². The maximum absolute atomic E-state index is 13.1. The lowest BCUT2D eigenvalue weighted by Gasteiger charge is -2.16. The minimum Gasteiger partial charge on any atom is -0.301 e. The Labute approximate surface area is 102 Å². The number of halogens is 2. The number of rotatable bonds is 2. The van der Waals surface area contributed by atoms with Crippen LogP contribution < -0.4 is 4.90 Å². The van der Waals surface area contributed by atoms with Gasteiger partial charge >= 0.3 is 0 Å². The summed E-state index contributed by atoms with van der Waals surface area (Å²) >= 11 is 5.51. The molecule has 0 unspecified atom stereocenters. The van der Waals surface area contributed by atoms with Crippen molar-refractivity contribution in [3.63, 3.8) is 0 Å². The molecule has 0 aliphatic carbocycles. The molecule has 0 spiro atoms. The largest absolute Gasteiger partial charge is 0.301 e. The van der Waals surface area contributed by atoms with E-state index in [0.717, 1.165) is 6.07 Å². The van der Waals surface area contributed by atoms with Gasteiger partial charge in [0.2, 0.25) is 0 Å². The molecular weight excluding hydrogens is 245 g/mol. The fourth-order valence-electron chi connectivity index (χ4n) is 1.71. The van der Waals surface area contributed by atoms with Crippen LogP contribution in [0.3, 0.4) is 0 Å². The molecule has 0 bridgehead atoms. The van der Waals surface area contributed by atoms with E-state index in [4.69, 9.17) is 11.6 Å². The summed E-state index contributed by atoms with van der Waals surface area (Å²) in [5, 5.41) is 0. The van der Waals surface area contributed by atoms with Gasteiger partial charge in [0.25, 0.3) is 11.7 Å². The van der Waals surface area contributed by atoms with Crippen molar-refractivity contribution in [3.8, 4) is 0 Å². The van der Waals surface area contributed by atoms with Gasteiger partial charge in [-0.15, -0.1) is 0 Å². The standard InChI is InChI=1S/C12H9ClFNO2/c1-7(5-13)6-15-10-4-8(14)2-3-9(10)11(16)12(15)17/h2-5H,6H2,1H3/b7-5-. The van der Waals surface area contributed by atoms with E-state index in [1.807, 2.05) is 0 Å². The molecule has 0 atom stereocenters. The average Bonchev–Trinajstić information content (AvgIpc) is 2.54. The fourth-order valence-corrected chi connectivity index (χ4v) is 1.78. The van der Waals surface area contributed by atoms with Gasteiger partial charge in [0.15, 0.2) is 0 Å². The van der Waals surface area contributed by atoms with Crippen molar-refractivity contribution in [2.45, 2.75) is 6.92 Å². The molecule has 1 heterocycles. The van der Waals surface area contributed by atoms with Crippen molar-refractivity contribution >= 4 is 29.0 Å². The first-order valence-corrected chi connectivity index (χ1v) is 5.40. The highest BCUT2D eigenvalue weighted by atomic mass is 35.5. The summed E-state index contributed by atoms with van der Waals surface area (Å²) in [6.07, 6.45) is 0. The van der Waals surface area contributed by atoms with Gasteiger partial charge < -0.3 is 4.90 Å². The minimum absolute atomic E-state index is 0.185. The maximum atomic E-state index is 13.1. The third-order valence-electron chi connectivity index (χ3n) is 2.53. The summed E-state index contributed by atoms with van der Waals surface area (Å²) in [5.41, 5.74) is 2.58. The van der Waals surface area contributed by atoms with Crippen LogP contribution in [0.1, 0.15) is 17.3 Å². The van der Waals surface area contributed by atoms with Gasteiger partial charge in [-0.2, -0.15) is 0 Å². The molecule has 2 rings (SSSR count). The smallest absolute Gasteiger partial charge is 0.299 e. The Balaban J connectivity index is 2.46. The summed E-state index contributed by atoms with van der Waals surface area (Å²) in [5.74, 6) is -1.74. The number of hydrogen-bond acceptors (Lipinski definition) is 2. The molecule has 88 valence electrons. The van der Waals surface area contributed by atoms with Crippen LogP contribution in [0.15, 0.2) is 29.3 Å². The molecule has 5 heteroatoms. The zero-order chi connectivity index (χ0) is 12.6. The van der Waals surface area contributed by atoms with Gasteiger partial charge in [-0.05, 0) is 30.7 Å².